The molecule has 3 aromatic rings. The first-order valence-corrected chi connectivity index (χ1v) is 18.9. The molecule has 0 atom stereocenters. The number of nitrogens with one attached hydrogen (secondary N) is 1. The highest BCUT2D eigenvalue weighted by atomic mass is 16.3. The normalized spacial score (nSPS) is 10.7. The molecule has 5 nitrogen and oxygen atoms in total. The minimum absolute atomic E-state index is 0.894. The largest absolute Gasteiger partial charge is 0.451 e. The van der Waals surface area contributed by atoms with E-state index in [2.05, 4.69) is 137 Å². The molecule has 0 aromatic heterocycles. The molecule has 2 heterocycles. The Kier molecular flexibility index (Phi) is 19.7. The zero-order valence-electron chi connectivity index (χ0n) is 31.8. The van der Waals surface area contributed by atoms with Crippen molar-refractivity contribution in [3.63, 3.8) is 0 Å². The molecule has 0 amide bonds. The van der Waals surface area contributed by atoms with Crippen LogP contribution >= 0.6 is 0 Å². The number of benzene rings is 3. The smallest absolute Gasteiger partial charge is 0.175 e. The molecule has 0 spiro atoms. The molecular weight excluding hydrogens is 601 g/mol. The van der Waals surface area contributed by atoms with E-state index in [4.69, 9.17) is 4.42 Å². The Morgan fingerprint density at radius 3 is 2.04 bits per heavy atom. The molecule has 0 saturated heterocycles. The molecule has 268 valence electrons. The molecule has 0 fully saturated rings. The van der Waals surface area contributed by atoms with E-state index in [1.165, 1.54) is 54.6 Å². The van der Waals surface area contributed by atoms with Crippen LogP contribution in [-0.4, -0.2) is 35.6 Å². The predicted molar refractivity (Wildman–Crippen MR) is 220 cm³/mol. The van der Waals surface area contributed by atoms with Crippen molar-refractivity contribution < 1.29 is 4.42 Å². The maximum atomic E-state index is 6.65. The summed E-state index contributed by atoms with van der Waals surface area (Å²) in [4.78, 5) is 2.48. The summed E-state index contributed by atoms with van der Waals surface area (Å²) in [5, 5.41) is 8.28. The molecule has 5 heteroatoms. The summed E-state index contributed by atoms with van der Waals surface area (Å²) in [6, 6.07) is 17.3. The fourth-order valence-corrected chi connectivity index (χ4v) is 5.80. The van der Waals surface area contributed by atoms with Crippen molar-refractivity contribution in [1.29, 1.82) is 0 Å². The van der Waals surface area contributed by atoms with Crippen molar-refractivity contribution in [2.45, 2.75) is 106 Å². The van der Waals surface area contributed by atoms with E-state index in [1.807, 2.05) is 6.08 Å². The zero-order valence-corrected chi connectivity index (χ0v) is 31.8. The van der Waals surface area contributed by atoms with Gasteiger partial charge in [-0.1, -0.05) is 124 Å². The topological polar surface area (TPSA) is 59.4 Å². The number of aromatic nitrogens is 1. The standard InChI is InChI=1S/C33H39N3O.C5H12.C4H10.C2H5N/c1-5-8-17-34-29-16-15-28-24(4)27(14-11-20-35(18-6-2)19-7-3)23-36-30-21-25-12-9-10-13-26(25)22-31(30)37-33(29)32(28)36;1-3-5-4-2;1-3-4-2;1-2-3/h6,9-10,12-13,15-16,21-23,34H,2,4-5,7-8,11,14,17-20H2,1,3H3;3-5H2,1-2H3;3-4H2,1-2H3;2H,1,3H2. The molecule has 0 bridgehead atoms. The maximum Gasteiger partial charge on any atom is 0.175 e. The lowest BCUT2D eigenvalue weighted by atomic mass is 10.0. The second kappa shape index (κ2) is 23.4. The summed E-state index contributed by atoms with van der Waals surface area (Å²) < 4.78 is 9.00. The fraction of sp³-hybridized carbons (Fsp3) is 0.455. The highest BCUT2D eigenvalue weighted by molar-refractivity contribution is 6.00. The van der Waals surface area contributed by atoms with Crippen molar-refractivity contribution in [3.8, 4) is 5.69 Å². The average Bonchev–Trinajstić information content (AvgIpc) is 3.11. The lowest BCUT2D eigenvalue weighted by Crippen LogP contribution is -2.26. The third kappa shape index (κ3) is 12.1. The first kappa shape index (κ1) is 41.2. The van der Waals surface area contributed by atoms with Gasteiger partial charge in [-0.15, -0.1) is 6.58 Å². The zero-order chi connectivity index (χ0) is 36.0. The van der Waals surface area contributed by atoms with Gasteiger partial charge in [-0.05, 0) is 90.8 Å². The van der Waals surface area contributed by atoms with Crippen LogP contribution in [0.5, 0.6) is 0 Å². The fourth-order valence-electron chi connectivity index (χ4n) is 5.80. The van der Waals surface area contributed by atoms with E-state index >= 15 is 0 Å². The second-order valence-corrected chi connectivity index (χ2v) is 12.7. The number of nitrogens with zero attached hydrogens (tertiary/aromatic N) is 2. The average molecular weight is 667 g/mol. The number of unbranched alkanes of at least 4 members (excludes halogenated alkanes) is 4. The number of hydrogen-bond donors (Lipinski definition) is 2. The Morgan fingerprint density at radius 1 is 0.816 bits per heavy atom. The van der Waals surface area contributed by atoms with E-state index in [1.54, 1.807) is 0 Å². The van der Waals surface area contributed by atoms with Crippen molar-refractivity contribution >= 4 is 45.1 Å². The first-order chi connectivity index (χ1) is 23.9. The van der Waals surface area contributed by atoms with Gasteiger partial charge in [-0.25, -0.2) is 0 Å². The van der Waals surface area contributed by atoms with Gasteiger partial charge in [0.05, 0.1) is 16.9 Å². The monoisotopic (exact) mass is 667 g/mol. The van der Waals surface area contributed by atoms with Crippen molar-refractivity contribution in [2.24, 2.45) is 5.73 Å². The summed E-state index contributed by atoms with van der Waals surface area (Å²) in [7, 11) is 0. The van der Waals surface area contributed by atoms with Crippen LogP contribution in [0.4, 0.5) is 5.69 Å². The maximum absolute atomic E-state index is 6.65. The lowest BCUT2D eigenvalue weighted by Gasteiger charge is -2.23. The van der Waals surface area contributed by atoms with E-state index in [-0.39, 0.29) is 0 Å². The number of anilines is 1. The van der Waals surface area contributed by atoms with E-state index < -0.39 is 0 Å². The van der Waals surface area contributed by atoms with E-state index in [9.17, 15) is 0 Å². The highest BCUT2D eigenvalue weighted by Crippen LogP contribution is 2.36. The second-order valence-electron chi connectivity index (χ2n) is 12.7. The molecule has 0 saturated carbocycles. The first-order valence-electron chi connectivity index (χ1n) is 18.9. The molecule has 2 aliphatic rings. The van der Waals surface area contributed by atoms with Crippen LogP contribution in [0.15, 0.2) is 84.6 Å². The molecule has 3 N–H and O–H groups in total. The Labute approximate surface area is 297 Å². The molecule has 0 unspecified atom stereocenters. The van der Waals surface area contributed by atoms with E-state index in [0.717, 1.165) is 96.9 Å². The summed E-state index contributed by atoms with van der Waals surface area (Å²) in [5.74, 6) is 0. The number of aryl methyl sites for hydroxylation is 1. The van der Waals surface area contributed by atoms with Crippen LogP contribution in [0.1, 0.15) is 105 Å². The Bertz CT molecular complexity index is 1690. The van der Waals surface area contributed by atoms with Crippen molar-refractivity contribution in [2.75, 3.05) is 31.5 Å². The van der Waals surface area contributed by atoms with Gasteiger partial charge in [0.25, 0.3) is 0 Å². The van der Waals surface area contributed by atoms with Crippen LogP contribution < -0.4 is 16.3 Å². The van der Waals surface area contributed by atoms with Gasteiger partial charge in [0.2, 0.25) is 0 Å². The van der Waals surface area contributed by atoms with Crippen LogP contribution in [0.2, 0.25) is 0 Å². The third-order valence-corrected chi connectivity index (χ3v) is 8.57. The Balaban J connectivity index is 0.000000603. The number of nitrogens with two attached hydrogens (primary N) is 1. The Morgan fingerprint density at radius 2 is 1.47 bits per heavy atom. The quantitative estimate of drug-likeness (QED) is 0.0505. The number of rotatable bonds is 15. The molecule has 2 aliphatic heterocycles. The third-order valence-electron chi connectivity index (χ3n) is 8.57. The van der Waals surface area contributed by atoms with Crippen LogP contribution in [0.25, 0.3) is 45.1 Å². The van der Waals surface area contributed by atoms with Gasteiger partial charge in [0.15, 0.2) is 11.2 Å². The summed E-state index contributed by atoms with van der Waals surface area (Å²) in [6.07, 6.45) is 17.8. The summed E-state index contributed by atoms with van der Waals surface area (Å²) in [6.45, 7) is 28.9. The van der Waals surface area contributed by atoms with Gasteiger partial charge in [-0.2, -0.15) is 0 Å². The molecule has 0 aliphatic carbocycles. The van der Waals surface area contributed by atoms with Crippen LogP contribution in [0, 0.1) is 0 Å². The van der Waals surface area contributed by atoms with Gasteiger partial charge < -0.3 is 20.0 Å². The van der Waals surface area contributed by atoms with Crippen molar-refractivity contribution in [3.05, 3.63) is 90.9 Å². The molecule has 3 aromatic carbocycles. The van der Waals surface area contributed by atoms with Crippen LogP contribution in [0.3, 0.4) is 0 Å². The number of fused-ring (bicyclic) bond motifs is 3. The molecular formula is C44H66N4O. The molecule has 5 rings (SSSR count). The van der Waals surface area contributed by atoms with Crippen molar-refractivity contribution in [1.82, 2.24) is 9.47 Å². The SMILES string of the molecule is C=CCN(CCC)CCCc1cn2c3cc4ccccc4cc3oc3c(NCCCC)ccc(c3-2)c1=C.C=CN.CCCC.CCCCC. The summed E-state index contributed by atoms with van der Waals surface area (Å²) in [5.41, 5.74) is 10.9. The number of hydrogen-bond acceptors (Lipinski definition) is 4. The van der Waals surface area contributed by atoms with Gasteiger partial charge >= 0.3 is 0 Å². The van der Waals surface area contributed by atoms with Crippen LogP contribution in [-0.2, 0) is 6.42 Å². The predicted octanol–water partition coefficient (Wildman–Crippen LogP) is 11.8. The summed E-state index contributed by atoms with van der Waals surface area (Å²) >= 11 is 0. The minimum atomic E-state index is 0.894. The van der Waals surface area contributed by atoms with Gasteiger partial charge in [-0.3, -0.25) is 4.90 Å². The number of pyridine rings is 1. The molecule has 0 radical (unpaired) electrons. The van der Waals surface area contributed by atoms with E-state index in [0.29, 0.717) is 0 Å². The minimum Gasteiger partial charge on any atom is -0.451 e. The highest BCUT2D eigenvalue weighted by Gasteiger charge is 2.20. The Hall–Kier alpha value is -3.96. The van der Waals surface area contributed by atoms with Gasteiger partial charge in [0.1, 0.15) is 0 Å². The lowest BCUT2D eigenvalue weighted by molar-refractivity contribution is 0.299. The van der Waals surface area contributed by atoms with Gasteiger partial charge in [0, 0.05) is 24.7 Å². The molecule has 49 heavy (non-hydrogen) atoms.